The summed E-state index contributed by atoms with van der Waals surface area (Å²) in [5.74, 6) is -5.78. The maximum atomic E-state index is 13.9. The van der Waals surface area contributed by atoms with E-state index in [1.807, 2.05) is 0 Å². The summed E-state index contributed by atoms with van der Waals surface area (Å²) in [5, 5.41) is 9.28. The Hall–Kier alpha value is -2.82. The average molecular weight is 373 g/mol. The number of ether oxygens (including phenoxy) is 2. The zero-order valence-electron chi connectivity index (χ0n) is 12.8. The van der Waals surface area contributed by atoms with E-state index in [0.29, 0.717) is 12.3 Å². The topological polar surface area (TPSA) is 89.3 Å². The first-order chi connectivity index (χ1) is 11.9. The summed E-state index contributed by atoms with van der Waals surface area (Å²) >= 11 is 0.780. The number of amides is 1. The van der Waals surface area contributed by atoms with Crippen molar-refractivity contribution in [1.29, 1.82) is 0 Å². The fourth-order valence-corrected chi connectivity index (χ4v) is 2.41. The van der Waals surface area contributed by atoms with Crippen molar-refractivity contribution in [3.63, 3.8) is 0 Å². The van der Waals surface area contributed by atoms with Gasteiger partial charge in [-0.1, -0.05) is 0 Å². The molecule has 0 spiro atoms. The zero-order valence-corrected chi connectivity index (χ0v) is 13.6. The molecule has 1 aromatic rings. The molecule has 1 aliphatic heterocycles. The van der Waals surface area contributed by atoms with Gasteiger partial charge in [0.15, 0.2) is 22.6 Å². The number of nitrogens with zero attached hydrogens (tertiary/aromatic N) is 2. The number of carbonyl (C=O) groups is 2. The number of carbonyl (C=O) groups excluding carboxylic acids is 2. The molecule has 132 valence electrons. The Bertz CT molecular complexity index is 824. The number of methoxy groups -OCH3 is 2. The smallest absolute Gasteiger partial charge is 0.331 e. The molecule has 0 radical (unpaired) electrons. The van der Waals surface area contributed by atoms with E-state index in [0.717, 1.165) is 32.1 Å². The van der Waals surface area contributed by atoms with Gasteiger partial charge < -0.3 is 9.47 Å². The first kappa shape index (κ1) is 18.5. The molecule has 0 atom stereocenters. The Morgan fingerprint density at radius 3 is 2.64 bits per heavy atom. The van der Waals surface area contributed by atoms with Crippen molar-refractivity contribution in [3.8, 4) is 5.75 Å². The lowest BCUT2D eigenvalue weighted by atomic mass is 10.2. The van der Waals surface area contributed by atoms with E-state index in [1.165, 1.54) is 0 Å². The second-order valence-electron chi connectivity index (χ2n) is 4.34. The van der Waals surface area contributed by atoms with Crippen molar-refractivity contribution in [2.75, 3.05) is 14.2 Å². The highest BCUT2D eigenvalue weighted by Gasteiger charge is 2.25. The number of esters is 1. The van der Waals surface area contributed by atoms with Gasteiger partial charge in [0.2, 0.25) is 0 Å². The van der Waals surface area contributed by atoms with Crippen LogP contribution in [0, 0.1) is 17.5 Å². The Labute approximate surface area is 143 Å². The van der Waals surface area contributed by atoms with Crippen LogP contribution in [0.5, 0.6) is 5.75 Å². The third-order valence-electron chi connectivity index (χ3n) is 2.80. The highest BCUT2D eigenvalue weighted by molar-refractivity contribution is 8.18. The predicted octanol–water partition coefficient (Wildman–Crippen LogP) is 1.72. The minimum Gasteiger partial charge on any atom is -0.491 e. The normalized spacial score (nSPS) is 17.4. The van der Waals surface area contributed by atoms with E-state index in [9.17, 15) is 22.8 Å². The van der Waals surface area contributed by atoms with Crippen LogP contribution in [0.15, 0.2) is 27.3 Å². The Kier molecular flexibility index (Phi) is 5.80. The number of hydrogen-bond donors (Lipinski definition) is 1. The van der Waals surface area contributed by atoms with Crippen LogP contribution < -0.4 is 10.1 Å². The van der Waals surface area contributed by atoms with Gasteiger partial charge in [-0.05, 0) is 11.8 Å². The van der Waals surface area contributed by atoms with Gasteiger partial charge >= 0.3 is 5.97 Å². The van der Waals surface area contributed by atoms with Gasteiger partial charge in [-0.15, -0.1) is 5.10 Å². The minimum atomic E-state index is -1.28. The van der Waals surface area contributed by atoms with Crippen molar-refractivity contribution in [2.45, 2.75) is 0 Å². The molecule has 1 amide bonds. The lowest BCUT2D eigenvalue weighted by molar-refractivity contribution is -0.135. The minimum absolute atomic E-state index is 0.0154. The summed E-state index contributed by atoms with van der Waals surface area (Å²) in [5.41, 5.74) is -0.665. The number of nitrogens with one attached hydrogen (secondary N) is 1. The highest BCUT2D eigenvalue weighted by Crippen LogP contribution is 2.26. The third kappa shape index (κ3) is 4.18. The molecular weight excluding hydrogens is 363 g/mol. The maximum absolute atomic E-state index is 13.9. The van der Waals surface area contributed by atoms with Crippen LogP contribution >= 0.6 is 11.8 Å². The molecule has 0 aliphatic carbocycles. The second kappa shape index (κ2) is 7.83. The molecule has 0 unspecified atom stereocenters. The van der Waals surface area contributed by atoms with E-state index >= 15 is 0 Å². The van der Waals surface area contributed by atoms with Crippen LogP contribution in [0.1, 0.15) is 5.56 Å². The summed E-state index contributed by atoms with van der Waals surface area (Å²) in [6, 6.07) is 0.444. The van der Waals surface area contributed by atoms with Gasteiger partial charge in [0.1, 0.15) is 5.82 Å². The van der Waals surface area contributed by atoms with Gasteiger partial charge in [-0.3, -0.25) is 10.1 Å². The molecule has 0 saturated carbocycles. The summed E-state index contributed by atoms with van der Waals surface area (Å²) in [4.78, 5) is 22.7. The summed E-state index contributed by atoms with van der Waals surface area (Å²) < 4.78 is 49.7. The average Bonchev–Trinajstić information content (AvgIpc) is 2.90. The van der Waals surface area contributed by atoms with Gasteiger partial charge in [0.05, 0.1) is 30.9 Å². The second-order valence-corrected chi connectivity index (χ2v) is 5.37. The number of benzene rings is 1. The van der Waals surface area contributed by atoms with Crippen molar-refractivity contribution in [1.82, 2.24) is 5.32 Å². The monoisotopic (exact) mass is 373 g/mol. The molecule has 25 heavy (non-hydrogen) atoms. The Morgan fingerprint density at radius 2 is 2.00 bits per heavy atom. The first-order valence-corrected chi connectivity index (χ1v) is 7.30. The van der Waals surface area contributed by atoms with E-state index < -0.39 is 40.6 Å². The van der Waals surface area contributed by atoms with Crippen LogP contribution in [-0.4, -0.2) is 37.5 Å². The zero-order chi connectivity index (χ0) is 18.6. The molecule has 7 nitrogen and oxygen atoms in total. The molecule has 1 heterocycles. The Balaban J connectivity index is 2.22. The van der Waals surface area contributed by atoms with E-state index in [4.69, 9.17) is 0 Å². The van der Waals surface area contributed by atoms with Crippen LogP contribution in [0.4, 0.5) is 13.2 Å². The number of thioether (sulfide) groups is 1. The van der Waals surface area contributed by atoms with Crippen LogP contribution in [0.3, 0.4) is 0 Å². The number of rotatable bonds is 4. The summed E-state index contributed by atoms with van der Waals surface area (Å²) in [6.07, 6.45) is 1.66. The maximum Gasteiger partial charge on any atom is 0.331 e. The quantitative estimate of drug-likeness (QED) is 0.376. The van der Waals surface area contributed by atoms with E-state index in [1.54, 1.807) is 0 Å². The molecule has 1 fully saturated rings. The number of amidine groups is 1. The third-order valence-corrected chi connectivity index (χ3v) is 3.70. The van der Waals surface area contributed by atoms with Crippen LogP contribution in [-0.2, 0) is 14.3 Å². The largest absolute Gasteiger partial charge is 0.491 e. The lowest BCUT2D eigenvalue weighted by Crippen LogP contribution is -2.19. The number of hydrogen-bond acceptors (Lipinski definition) is 7. The first-order valence-electron chi connectivity index (χ1n) is 6.48. The van der Waals surface area contributed by atoms with Crippen LogP contribution in [0.25, 0.3) is 0 Å². The van der Waals surface area contributed by atoms with E-state index in [2.05, 4.69) is 25.0 Å². The SMILES string of the molecule is COC(=O)/C=C1/S/C(=N\N=Cc2c(F)cc(F)c(OC)c2F)NC1=O. The molecule has 2 rings (SSSR count). The predicted molar refractivity (Wildman–Crippen MR) is 83.7 cm³/mol. The Morgan fingerprint density at radius 1 is 1.28 bits per heavy atom. The highest BCUT2D eigenvalue weighted by atomic mass is 32.2. The van der Waals surface area contributed by atoms with Gasteiger partial charge in [0.25, 0.3) is 5.91 Å². The summed E-state index contributed by atoms with van der Waals surface area (Å²) in [7, 11) is 2.18. The molecule has 0 bridgehead atoms. The molecular formula is C14H10F3N3O4S. The number of halogens is 3. The molecule has 1 aromatic carbocycles. The van der Waals surface area contributed by atoms with Crippen LogP contribution in [0.2, 0.25) is 0 Å². The van der Waals surface area contributed by atoms with Gasteiger partial charge in [-0.2, -0.15) is 5.10 Å². The van der Waals surface area contributed by atoms with Gasteiger partial charge in [-0.25, -0.2) is 18.0 Å². The van der Waals surface area contributed by atoms with Gasteiger partial charge in [0, 0.05) is 12.1 Å². The molecule has 11 heteroatoms. The molecule has 1 aliphatic rings. The fourth-order valence-electron chi connectivity index (χ4n) is 1.67. The van der Waals surface area contributed by atoms with E-state index in [-0.39, 0.29) is 10.1 Å². The van der Waals surface area contributed by atoms with Crippen molar-refractivity contribution in [2.24, 2.45) is 10.2 Å². The van der Waals surface area contributed by atoms with Crippen molar-refractivity contribution in [3.05, 3.63) is 40.1 Å². The molecule has 1 N–H and O–H groups in total. The lowest BCUT2D eigenvalue weighted by Gasteiger charge is -2.06. The summed E-state index contributed by atoms with van der Waals surface area (Å²) in [6.45, 7) is 0. The molecule has 1 saturated heterocycles. The standard InChI is InChI=1S/C14H10F3N3O4S/c1-23-10(21)4-9-13(22)19-14(25-9)20-18-5-6-7(15)3-8(16)12(24-2)11(6)17/h3-5H,1-2H3,(H,19,20,22)/b9-4+,18-5?. The fraction of sp³-hybridized carbons (Fsp3) is 0.143. The molecule has 0 aromatic heterocycles. The van der Waals surface area contributed by atoms with Crippen molar-refractivity contribution < 1.29 is 32.2 Å². The van der Waals surface area contributed by atoms with Crippen molar-refractivity contribution >= 4 is 35.0 Å².